The first kappa shape index (κ1) is 16.5. The number of rotatable bonds is 4. The van der Waals surface area contributed by atoms with Crippen molar-refractivity contribution in [1.29, 1.82) is 0 Å². The van der Waals surface area contributed by atoms with Gasteiger partial charge in [0.05, 0.1) is 12.0 Å². The molecule has 1 aliphatic rings. The lowest BCUT2D eigenvalue weighted by Gasteiger charge is -2.18. The number of carbonyl (C=O) groups is 1. The van der Waals surface area contributed by atoms with Crippen molar-refractivity contribution in [2.75, 3.05) is 25.6 Å². The number of nitrogens with zero attached hydrogens (tertiary/aromatic N) is 1. The van der Waals surface area contributed by atoms with Crippen LogP contribution in [0.2, 0.25) is 0 Å². The zero-order valence-corrected chi connectivity index (χ0v) is 14.3. The van der Waals surface area contributed by atoms with E-state index in [1.54, 1.807) is 48.4 Å². The Morgan fingerprint density at radius 3 is 2.50 bits per heavy atom. The normalized spacial score (nSPS) is 13.7. The van der Waals surface area contributed by atoms with Crippen molar-refractivity contribution in [3.63, 3.8) is 0 Å². The Balaban J connectivity index is 1.90. The summed E-state index contributed by atoms with van der Waals surface area (Å²) < 4.78 is 31.2. The molecule has 126 valence electrons. The van der Waals surface area contributed by atoms with Crippen LogP contribution >= 0.6 is 0 Å². The van der Waals surface area contributed by atoms with Gasteiger partial charge in [-0.2, -0.15) is 0 Å². The molecule has 0 radical (unpaired) electrons. The molecule has 1 heterocycles. The van der Waals surface area contributed by atoms with Crippen molar-refractivity contribution < 1.29 is 17.9 Å². The summed E-state index contributed by atoms with van der Waals surface area (Å²) in [4.78, 5) is 14.6. The summed E-state index contributed by atoms with van der Waals surface area (Å²) in [5.41, 5.74) is 2.18. The average molecular weight is 346 g/mol. The maximum Gasteiger partial charge on any atom is 0.258 e. The maximum atomic E-state index is 12.7. The lowest BCUT2D eigenvalue weighted by Crippen LogP contribution is -2.28. The van der Waals surface area contributed by atoms with Gasteiger partial charge >= 0.3 is 0 Å². The predicted octanol–water partition coefficient (Wildman–Crippen LogP) is 1.81. The fraction of sp³-hybridized carbons (Fsp3) is 0.235. The van der Waals surface area contributed by atoms with E-state index in [9.17, 15) is 13.2 Å². The summed E-state index contributed by atoms with van der Waals surface area (Å²) >= 11 is 0. The van der Waals surface area contributed by atoms with Gasteiger partial charge in [-0.3, -0.25) is 4.79 Å². The summed E-state index contributed by atoms with van der Waals surface area (Å²) in [6.45, 7) is 0.531. The van der Waals surface area contributed by atoms with E-state index in [0.717, 1.165) is 11.3 Å². The van der Waals surface area contributed by atoms with Gasteiger partial charge in [-0.05, 0) is 61.5 Å². The van der Waals surface area contributed by atoms with Gasteiger partial charge in [0.2, 0.25) is 10.0 Å². The molecule has 3 rings (SSSR count). The second kappa shape index (κ2) is 6.26. The number of ether oxygens (including phenoxy) is 1. The van der Waals surface area contributed by atoms with E-state index >= 15 is 0 Å². The van der Waals surface area contributed by atoms with Gasteiger partial charge in [-0.25, -0.2) is 13.1 Å². The Kier molecular flexibility index (Phi) is 4.29. The molecule has 1 aliphatic heterocycles. The van der Waals surface area contributed by atoms with Gasteiger partial charge in [0.25, 0.3) is 5.91 Å². The van der Waals surface area contributed by atoms with Crippen molar-refractivity contribution in [3.05, 3.63) is 53.6 Å². The molecule has 1 N–H and O–H groups in total. The Morgan fingerprint density at radius 2 is 1.88 bits per heavy atom. The molecule has 2 aromatic carbocycles. The number of hydrogen-bond acceptors (Lipinski definition) is 4. The van der Waals surface area contributed by atoms with Crippen molar-refractivity contribution in [3.8, 4) is 5.75 Å². The van der Waals surface area contributed by atoms with Crippen LogP contribution in [0.1, 0.15) is 15.9 Å². The van der Waals surface area contributed by atoms with E-state index < -0.39 is 10.0 Å². The molecule has 1 amide bonds. The number of nitrogens with one attached hydrogen (secondary N) is 1. The molecule has 0 atom stereocenters. The van der Waals surface area contributed by atoms with Crippen molar-refractivity contribution >= 4 is 21.6 Å². The van der Waals surface area contributed by atoms with E-state index in [2.05, 4.69) is 4.72 Å². The fourth-order valence-corrected chi connectivity index (χ4v) is 3.54. The molecule has 0 spiro atoms. The molecule has 7 heteroatoms. The molecule has 0 bridgehead atoms. The molecular formula is C17H18N2O4S. The molecule has 0 fully saturated rings. The molecule has 0 aliphatic carbocycles. The topological polar surface area (TPSA) is 75.7 Å². The van der Waals surface area contributed by atoms with Gasteiger partial charge in [-0.15, -0.1) is 0 Å². The molecule has 24 heavy (non-hydrogen) atoms. The minimum Gasteiger partial charge on any atom is -0.497 e. The fourth-order valence-electron chi connectivity index (χ4n) is 2.76. The van der Waals surface area contributed by atoms with Crippen LogP contribution in [0.4, 0.5) is 5.69 Å². The smallest absolute Gasteiger partial charge is 0.258 e. The van der Waals surface area contributed by atoms with Crippen LogP contribution < -0.4 is 14.4 Å². The summed E-state index contributed by atoms with van der Waals surface area (Å²) in [6.07, 6.45) is 0.629. The number of carbonyl (C=O) groups excluding carboxylic acids is 1. The second-order valence-electron chi connectivity index (χ2n) is 5.43. The lowest BCUT2D eigenvalue weighted by molar-refractivity contribution is 0.0989. The molecule has 6 nitrogen and oxygen atoms in total. The first-order chi connectivity index (χ1) is 11.5. The molecule has 0 aromatic heterocycles. The van der Waals surface area contributed by atoms with Gasteiger partial charge in [-0.1, -0.05) is 0 Å². The van der Waals surface area contributed by atoms with Crippen LogP contribution in [-0.4, -0.2) is 35.0 Å². The number of benzene rings is 2. The SMILES string of the molecule is CNS(=O)(=O)c1ccc2c(c1)CCN2C(=O)c1ccc(OC)cc1. The molecular weight excluding hydrogens is 328 g/mol. The van der Waals surface area contributed by atoms with Crippen molar-refractivity contribution in [1.82, 2.24) is 4.72 Å². The Morgan fingerprint density at radius 1 is 1.17 bits per heavy atom. The summed E-state index contributed by atoms with van der Waals surface area (Å²) in [5.74, 6) is 0.580. The van der Waals surface area contributed by atoms with E-state index in [0.29, 0.717) is 24.3 Å². The van der Waals surface area contributed by atoms with Crippen LogP contribution in [0.3, 0.4) is 0 Å². The highest BCUT2D eigenvalue weighted by atomic mass is 32.2. The second-order valence-corrected chi connectivity index (χ2v) is 7.32. The minimum atomic E-state index is -3.48. The third-order valence-electron chi connectivity index (χ3n) is 4.11. The number of anilines is 1. The van der Waals surface area contributed by atoms with Crippen LogP contribution in [0.15, 0.2) is 47.4 Å². The number of fused-ring (bicyclic) bond motifs is 1. The highest BCUT2D eigenvalue weighted by Gasteiger charge is 2.27. The Labute approximate surface area is 141 Å². The third-order valence-corrected chi connectivity index (χ3v) is 5.52. The first-order valence-corrected chi connectivity index (χ1v) is 8.97. The summed E-state index contributed by atoms with van der Waals surface area (Å²) in [7, 11) is -0.534. The van der Waals surface area contributed by atoms with E-state index in [1.165, 1.54) is 13.1 Å². The number of hydrogen-bond donors (Lipinski definition) is 1. The first-order valence-electron chi connectivity index (χ1n) is 7.48. The van der Waals surface area contributed by atoms with Gasteiger partial charge in [0.1, 0.15) is 5.75 Å². The molecule has 0 saturated heterocycles. The van der Waals surface area contributed by atoms with Crippen LogP contribution in [0.5, 0.6) is 5.75 Å². The van der Waals surface area contributed by atoms with Crippen LogP contribution in [0.25, 0.3) is 0 Å². The summed E-state index contributed by atoms with van der Waals surface area (Å²) in [5, 5.41) is 0. The van der Waals surface area contributed by atoms with Crippen LogP contribution in [0, 0.1) is 0 Å². The van der Waals surface area contributed by atoms with Crippen LogP contribution in [-0.2, 0) is 16.4 Å². The highest BCUT2D eigenvalue weighted by Crippen LogP contribution is 2.31. The lowest BCUT2D eigenvalue weighted by atomic mass is 10.1. The third kappa shape index (κ3) is 2.88. The van der Waals surface area contributed by atoms with E-state index in [4.69, 9.17) is 4.74 Å². The van der Waals surface area contributed by atoms with Gasteiger partial charge < -0.3 is 9.64 Å². The standard InChI is InChI=1S/C17H18N2O4S/c1-18-24(21,22)15-7-8-16-13(11-15)9-10-19(16)17(20)12-3-5-14(23-2)6-4-12/h3-8,11,18H,9-10H2,1-2H3. The molecule has 2 aromatic rings. The Hall–Kier alpha value is -2.38. The number of sulfonamides is 1. The number of methoxy groups -OCH3 is 1. The largest absolute Gasteiger partial charge is 0.497 e. The zero-order valence-electron chi connectivity index (χ0n) is 13.4. The minimum absolute atomic E-state index is 0.111. The highest BCUT2D eigenvalue weighted by molar-refractivity contribution is 7.89. The van der Waals surface area contributed by atoms with E-state index in [1.807, 2.05) is 0 Å². The van der Waals surface area contributed by atoms with Gasteiger partial charge in [0.15, 0.2) is 0 Å². The molecule has 0 unspecified atom stereocenters. The molecule has 0 saturated carbocycles. The van der Waals surface area contributed by atoms with Crippen molar-refractivity contribution in [2.45, 2.75) is 11.3 Å². The average Bonchev–Trinajstić information content (AvgIpc) is 3.04. The maximum absolute atomic E-state index is 12.7. The van der Waals surface area contributed by atoms with Gasteiger partial charge in [0, 0.05) is 17.8 Å². The zero-order chi connectivity index (χ0) is 17.3. The summed E-state index contributed by atoms with van der Waals surface area (Å²) in [6, 6.07) is 11.8. The Bertz CT molecular complexity index is 876. The predicted molar refractivity (Wildman–Crippen MR) is 91.1 cm³/mol. The van der Waals surface area contributed by atoms with Crippen molar-refractivity contribution in [2.24, 2.45) is 0 Å². The number of amides is 1. The quantitative estimate of drug-likeness (QED) is 0.916. The van der Waals surface area contributed by atoms with E-state index in [-0.39, 0.29) is 10.8 Å². The monoisotopic (exact) mass is 346 g/mol.